The van der Waals surface area contributed by atoms with Gasteiger partial charge in [-0.1, -0.05) is 0 Å². The maximum atomic E-state index is 12.3. The summed E-state index contributed by atoms with van der Waals surface area (Å²) in [6.45, 7) is -1.12. The quantitative estimate of drug-likeness (QED) is 0.638. The lowest BCUT2D eigenvalue weighted by Gasteiger charge is -2.26. The normalized spacial score (nSPS) is 15.1. The number of alkyl halides is 3. The second-order valence-corrected chi connectivity index (χ2v) is 3.11. The highest BCUT2D eigenvalue weighted by molar-refractivity contribution is 5.76. The van der Waals surface area contributed by atoms with Gasteiger partial charge >= 0.3 is 0 Å². The molecule has 7 heteroatoms. The van der Waals surface area contributed by atoms with Gasteiger partial charge in [-0.2, -0.15) is 0 Å². The molecule has 0 radical (unpaired) electrons. The Morgan fingerprint density at radius 3 is 2.40 bits per heavy atom. The van der Waals surface area contributed by atoms with Crippen molar-refractivity contribution < 1.29 is 27.5 Å². The Hall–Kier alpha value is -0.820. The van der Waals surface area contributed by atoms with Crippen LogP contribution in [0.15, 0.2) is 0 Å². The van der Waals surface area contributed by atoms with E-state index in [0.29, 0.717) is 0 Å². The van der Waals surface area contributed by atoms with Crippen molar-refractivity contribution in [2.24, 2.45) is 0 Å². The summed E-state index contributed by atoms with van der Waals surface area (Å²) in [4.78, 5) is 15.6. The first-order valence-corrected chi connectivity index (χ1v) is 4.16. The Morgan fingerprint density at radius 1 is 1.53 bits per heavy atom. The average Bonchev–Trinajstić information content (AvgIpc) is 2.23. The number of hydrogen-bond donors (Lipinski definition) is 0. The van der Waals surface area contributed by atoms with Crippen LogP contribution in [0.5, 0.6) is 0 Å². The Labute approximate surface area is 85.9 Å². The molecular weight excluding hydrogens is 215 g/mol. The number of carbonyl (C=O) groups excluding carboxylic acids is 1. The van der Waals surface area contributed by atoms with Crippen LogP contribution in [0, 0.1) is 0 Å². The third-order valence-corrected chi connectivity index (χ3v) is 1.88. The van der Waals surface area contributed by atoms with E-state index in [2.05, 4.69) is 9.57 Å². The van der Waals surface area contributed by atoms with Crippen LogP contribution in [-0.2, 0) is 14.4 Å². The molecule has 1 atom stereocenters. The van der Waals surface area contributed by atoms with Gasteiger partial charge in [0.2, 0.25) is 0 Å². The Bertz CT molecular complexity index is 215. The number of hydrogen-bond acceptors (Lipinski definition) is 3. The lowest BCUT2D eigenvalue weighted by Crippen LogP contribution is -2.42. The van der Waals surface area contributed by atoms with E-state index in [1.54, 1.807) is 0 Å². The fraction of sp³-hybridized carbons (Fsp3) is 0.875. The summed E-state index contributed by atoms with van der Waals surface area (Å²) in [7, 11) is 2.53. The van der Waals surface area contributed by atoms with Crippen molar-refractivity contribution in [2.45, 2.75) is 19.0 Å². The molecule has 1 unspecified atom stereocenters. The smallest absolute Gasteiger partial charge is 0.271 e. The Balaban J connectivity index is 4.18. The predicted octanol–water partition coefficient (Wildman–Crippen LogP) is 1.02. The summed E-state index contributed by atoms with van der Waals surface area (Å²) >= 11 is 0. The zero-order valence-corrected chi connectivity index (χ0v) is 8.80. The molecule has 0 rings (SSSR count). The lowest BCUT2D eigenvalue weighted by molar-refractivity contribution is -0.188. The molecule has 0 aliphatic carbocycles. The molecule has 4 nitrogen and oxygen atoms in total. The van der Waals surface area contributed by atoms with Crippen molar-refractivity contribution in [3.05, 3.63) is 0 Å². The molecule has 1 amide bonds. The SMILES string of the molecule is CON(C)C(=O)COC(C)(CF)C(F)F. The van der Waals surface area contributed by atoms with Crippen LogP contribution in [-0.4, -0.2) is 50.4 Å². The van der Waals surface area contributed by atoms with Crippen LogP contribution < -0.4 is 0 Å². The minimum Gasteiger partial charge on any atom is -0.357 e. The molecule has 15 heavy (non-hydrogen) atoms. The molecule has 0 saturated carbocycles. The number of amides is 1. The van der Waals surface area contributed by atoms with E-state index in [9.17, 15) is 18.0 Å². The molecule has 0 saturated heterocycles. The van der Waals surface area contributed by atoms with Gasteiger partial charge in [0.15, 0.2) is 5.60 Å². The van der Waals surface area contributed by atoms with E-state index < -0.39 is 31.2 Å². The summed E-state index contributed by atoms with van der Waals surface area (Å²) in [6, 6.07) is 0. The fourth-order valence-electron chi connectivity index (χ4n) is 0.579. The summed E-state index contributed by atoms with van der Waals surface area (Å²) in [6.07, 6.45) is -3.00. The number of ether oxygens (including phenoxy) is 1. The van der Waals surface area contributed by atoms with Gasteiger partial charge in [0, 0.05) is 7.05 Å². The van der Waals surface area contributed by atoms with Crippen LogP contribution in [0.25, 0.3) is 0 Å². The van der Waals surface area contributed by atoms with E-state index in [1.165, 1.54) is 14.2 Å². The summed E-state index contributed by atoms with van der Waals surface area (Å²) in [5.74, 6) is -0.669. The van der Waals surface area contributed by atoms with Gasteiger partial charge in [-0.05, 0) is 6.92 Å². The number of likely N-dealkylation sites (N-methyl/N-ethyl adjacent to an activating group) is 1. The monoisotopic (exact) mass is 229 g/mol. The largest absolute Gasteiger partial charge is 0.357 e. The topological polar surface area (TPSA) is 38.8 Å². The molecule has 0 fully saturated rings. The standard InChI is InChI=1S/C8H14F3NO3/c1-8(5-9,7(10)11)15-4-6(13)12(2)14-3/h7H,4-5H2,1-3H3. The zero-order valence-electron chi connectivity index (χ0n) is 8.80. The van der Waals surface area contributed by atoms with Gasteiger partial charge in [-0.3, -0.25) is 9.63 Å². The number of halogens is 3. The third kappa shape index (κ3) is 4.05. The van der Waals surface area contributed by atoms with Gasteiger partial charge < -0.3 is 4.74 Å². The van der Waals surface area contributed by atoms with E-state index in [1.807, 2.05) is 0 Å². The fourth-order valence-corrected chi connectivity index (χ4v) is 0.579. The third-order valence-electron chi connectivity index (χ3n) is 1.88. The van der Waals surface area contributed by atoms with Crippen LogP contribution in [0.3, 0.4) is 0 Å². The average molecular weight is 229 g/mol. The summed E-state index contributed by atoms with van der Waals surface area (Å²) in [5.41, 5.74) is -2.25. The molecular formula is C8H14F3NO3. The molecule has 0 aromatic carbocycles. The van der Waals surface area contributed by atoms with Crippen molar-refractivity contribution in [2.75, 3.05) is 27.4 Å². The van der Waals surface area contributed by atoms with Crippen LogP contribution in [0.2, 0.25) is 0 Å². The second-order valence-electron chi connectivity index (χ2n) is 3.11. The maximum absolute atomic E-state index is 12.3. The molecule has 0 aliphatic heterocycles. The molecule has 0 heterocycles. The molecule has 90 valence electrons. The predicted molar refractivity (Wildman–Crippen MR) is 46.1 cm³/mol. The van der Waals surface area contributed by atoms with Crippen molar-refractivity contribution in [1.29, 1.82) is 0 Å². The van der Waals surface area contributed by atoms with E-state index in [-0.39, 0.29) is 0 Å². The van der Waals surface area contributed by atoms with Crippen LogP contribution in [0.4, 0.5) is 13.2 Å². The molecule has 0 aromatic heterocycles. The molecule has 0 aliphatic rings. The van der Waals surface area contributed by atoms with Gasteiger partial charge in [-0.15, -0.1) is 0 Å². The van der Waals surface area contributed by atoms with E-state index in [4.69, 9.17) is 0 Å². The number of nitrogens with zero attached hydrogens (tertiary/aromatic N) is 1. The second kappa shape index (κ2) is 5.92. The molecule has 0 N–H and O–H groups in total. The highest BCUT2D eigenvalue weighted by atomic mass is 19.3. The number of carbonyl (C=O) groups is 1. The first-order valence-electron chi connectivity index (χ1n) is 4.16. The number of hydroxylamine groups is 2. The first kappa shape index (κ1) is 14.2. The van der Waals surface area contributed by atoms with E-state index >= 15 is 0 Å². The van der Waals surface area contributed by atoms with Crippen molar-refractivity contribution in [3.8, 4) is 0 Å². The highest BCUT2D eigenvalue weighted by Crippen LogP contribution is 2.20. The molecule has 0 bridgehead atoms. The van der Waals surface area contributed by atoms with Crippen LogP contribution >= 0.6 is 0 Å². The van der Waals surface area contributed by atoms with Crippen molar-refractivity contribution in [1.82, 2.24) is 5.06 Å². The summed E-state index contributed by atoms with van der Waals surface area (Å²) < 4.78 is 41.4. The van der Waals surface area contributed by atoms with Crippen molar-refractivity contribution in [3.63, 3.8) is 0 Å². The molecule has 0 aromatic rings. The van der Waals surface area contributed by atoms with Gasteiger partial charge in [0.25, 0.3) is 12.3 Å². The van der Waals surface area contributed by atoms with Gasteiger partial charge in [0.05, 0.1) is 7.11 Å². The lowest BCUT2D eigenvalue weighted by atomic mass is 10.1. The zero-order chi connectivity index (χ0) is 12.1. The van der Waals surface area contributed by atoms with Gasteiger partial charge in [-0.25, -0.2) is 18.2 Å². The summed E-state index contributed by atoms with van der Waals surface area (Å²) in [5, 5.41) is 0.810. The maximum Gasteiger partial charge on any atom is 0.271 e. The van der Waals surface area contributed by atoms with Gasteiger partial charge in [0.1, 0.15) is 13.3 Å². The molecule has 0 spiro atoms. The minimum atomic E-state index is -3.00. The van der Waals surface area contributed by atoms with E-state index in [0.717, 1.165) is 12.0 Å². The van der Waals surface area contributed by atoms with Crippen molar-refractivity contribution >= 4 is 5.91 Å². The Morgan fingerprint density at radius 2 is 2.07 bits per heavy atom. The Kier molecular flexibility index (Phi) is 5.59. The minimum absolute atomic E-state index is 0.658. The van der Waals surface area contributed by atoms with Crippen LogP contribution in [0.1, 0.15) is 6.92 Å². The first-order chi connectivity index (χ1) is 6.87. The highest BCUT2D eigenvalue weighted by Gasteiger charge is 2.37. The number of rotatable bonds is 6.